The second-order valence-electron chi connectivity index (χ2n) is 20.5. The number of ether oxygens (including phenoxy) is 5. The van der Waals surface area contributed by atoms with Crippen molar-refractivity contribution in [2.24, 2.45) is 15.7 Å². The number of carbonyl (C=O) groups excluding carboxylic acids is 5. The van der Waals surface area contributed by atoms with E-state index in [1.807, 2.05) is 27.0 Å². The number of nitrogens with two attached hydrogens (primary N) is 1. The molecule has 0 bridgehead atoms. The minimum atomic E-state index is -5.79. The third-order valence-electron chi connectivity index (χ3n) is 9.57. The van der Waals surface area contributed by atoms with Gasteiger partial charge in [-0.05, 0) is 132 Å². The first kappa shape index (κ1) is 83.3. The number of thioether (sulfide) groups is 1. The summed E-state index contributed by atoms with van der Waals surface area (Å²) in [7, 11) is 0. The van der Waals surface area contributed by atoms with E-state index in [4.69, 9.17) is 19.9 Å². The van der Waals surface area contributed by atoms with Gasteiger partial charge in [0, 0.05) is 31.2 Å². The summed E-state index contributed by atoms with van der Waals surface area (Å²) in [6.45, 7) is 14.3. The molecule has 0 saturated heterocycles. The van der Waals surface area contributed by atoms with Gasteiger partial charge in [-0.25, -0.2) is 14.4 Å². The molecule has 2 aromatic heterocycles. The maximum absolute atomic E-state index is 12.9. The highest BCUT2D eigenvalue weighted by Crippen LogP contribution is 2.37. The number of aliphatic hydroxyl groups excluding tert-OH is 2. The summed E-state index contributed by atoms with van der Waals surface area (Å²) in [4.78, 5) is 75.1. The van der Waals surface area contributed by atoms with Crippen LogP contribution in [0.1, 0.15) is 143 Å². The zero-order valence-electron chi connectivity index (χ0n) is 47.2. The largest absolute Gasteiger partial charge is 0.444 e. The van der Waals surface area contributed by atoms with Crippen molar-refractivity contribution >= 4 is 52.7 Å². The summed E-state index contributed by atoms with van der Waals surface area (Å²) >= 11 is 1.43. The number of alkyl carbamates (subject to hydrolysis) is 1. The van der Waals surface area contributed by atoms with Crippen molar-refractivity contribution in [1.82, 2.24) is 25.9 Å². The Morgan fingerprint density at radius 1 is 0.600 bits per heavy atom. The molecule has 0 fully saturated rings. The van der Waals surface area contributed by atoms with E-state index >= 15 is 0 Å². The van der Waals surface area contributed by atoms with Crippen molar-refractivity contribution in [3.63, 3.8) is 0 Å². The number of aliphatic hydroxyl groups is 2. The number of amides is 5. The maximum atomic E-state index is 12.9. The minimum absolute atomic E-state index is 0. The predicted octanol–water partition coefficient (Wildman–Crippen LogP) is 11.2. The van der Waals surface area contributed by atoms with Crippen molar-refractivity contribution in [3.8, 4) is 0 Å². The fourth-order valence-electron chi connectivity index (χ4n) is 6.01. The van der Waals surface area contributed by atoms with Gasteiger partial charge in [0.25, 0.3) is 11.8 Å². The Bertz CT molecular complexity index is 2320. The lowest BCUT2D eigenvalue weighted by Crippen LogP contribution is -2.49. The van der Waals surface area contributed by atoms with Gasteiger partial charge >= 0.3 is 43.0 Å². The highest BCUT2D eigenvalue weighted by Gasteiger charge is 2.59. The molecule has 2 aromatic rings. The van der Waals surface area contributed by atoms with Crippen LogP contribution in [-0.2, 0) is 23.7 Å². The van der Waals surface area contributed by atoms with Gasteiger partial charge in [-0.3, -0.25) is 24.9 Å². The van der Waals surface area contributed by atoms with E-state index in [9.17, 15) is 86.9 Å². The topological polar surface area (TPSA) is 285 Å². The van der Waals surface area contributed by atoms with E-state index in [2.05, 4.69) is 45.4 Å². The number of rotatable bonds is 20. The fraction of sp³-hybridized carbons (Fsp3) is 0.673. The van der Waals surface area contributed by atoms with Crippen LogP contribution in [0.2, 0.25) is 0 Å². The summed E-state index contributed by atoms with van der Waals surface area (Å²) in [6, 6.07) is 3.10. The molecule has 7 N–H and O–H groups in total. The Morgan fingerprint density at radius 2 is 0.965 bits per heavy atom. The molecule has 85 heavy (non-hydrogen) atoms. The van der Waals surface area contributed by atoms with Crippen LogP contribution < -0.4 is 21.7 Å². The molecule has 4 atom stereocenters. The molecule has 490 valence electrons. The average Bonchev–Trinajstić information content (AvgIpc) is 3.53. The normalized spacial score (nSPS) is 14.1. The van der Waals surface area contributed by atoms with Crippen molar-refractivity contribution < 1.29 is 111 Å². The number of hydrogen-bond donors (Lipinski definition) is 6. The number of pyridine rings is 2. The Hall–Kier alpha value is -5.90. The zero-order valence-corrected chi connectivity index (χ0v) is 48.1. The smallest absolute Gasteiger partial charge is 0.435 e. The van der Waals surface area contributed by atoms with E-state index in [0.29, 0.717) is 5.04 Å². The molecular weight excluding hydrogens is 1190 g/mol. The van der Waals surface area contributed by atoms with Gasteiger partial charge in [-0.1, -0.05) is 21.3 Å². The van der Waals surface area contributed by atoms with Crippen molar-refractivity contribution in [2.45, 2.75) is 201 Å². The number of halogens is 12. The van der Waals surface area contributed by atoms with Crippen molar-refractivity contribution in [2.75, 3.05) is 26.0 Å². The van der Waals surface area contributed by atoms with Gasteiger partial charge in [-0.2, -0.15) is 62.7 Å². The summed E-state index contributed by atoms with van der Waals surface area (Å²) in [5.74, 6) is -1.65. The van der Waals surface area contributed by atoms with Crippen LogP contribution in [0.15, 0.2) is 59.0 Å². The number of unbranched alkanes of at least 4 members (excludes halogenated alkanes) is 1. The number of aromatic nitrogens is 2. The molecule has 33 heteroatoms. The highest BCUT2D eigenvalue weighted by atomic mass is 32.2. The molecule has 0 aromatic carbocycles. The quantitative estimate of drug-likeness (QED) is 0.0236. The Kier molecular flexibility index (Phi) is 36.9. The number of aliphatic imine (C=N–C) groups is 2. The van der Waals surface area contributed by atoms with Crippen LogP contribution in [0, 0.1) is 0 Å². The van der Waals surface area contributed by atoms with Gasteiger partial charge in [0.05, 0.1) is 53.7 Å². The zero-order chi connectivity index (χ0) is 64.4. The molecule has 0 aliphatic carbocycles. The van der Waals surface area contributed by atoms with E-state index in [1.54, 1.807) is 48.5 Å². The number of nitrogens with zero attached hydrogens (tertiary/aromatic N) is 4. The fourth-order valence-corrected chi connectivity index (χ4v) is 6.17. The first-order valence-electron chi connectivity index (χ1n) is 24.9. The number of alkyl halides is 12. The van der Waals surface area contributed by atoms with E-state index in [-0.39, 0.29) is 76.9 Å². The van der Waals surface area contributed by atoms with Crippen LogP contribution in [0.3, 0.4) is 0 Å². The van der Waals surface area contributed by atoms with E-state index < -0.39 is 121 Å². The Balaban J connectivity index is -0.00000139. The maximum Gasteiger partial charge on any atom is 0.435 e. The van der Waals surface area contributed by atoms with Crippen LogP contribution in [-0.4, -0.2) is 165 Å². The van der Waals surface area contributed by atoms with Crippen molar-refractivity contribution in [3.05, 3.63) is 60.2 Å². The van der Waals surface area contributed by atoms with Crippen LogP contribution in [0.25, 0.3) is 0 Å². The lowest BCUT2D eigenvalue weighted by atomic mass is 10.0. The third kappa shape index (κ3) is 38.7. The highest BCUT2D eigenvalue weighted by molar-refractivity contribution is 8.13. The molecule has 0 aliphatic rings. The third-order valence-corrected chi connectivity index (χ3v) is 10.2. The minimum Gasteiger partial charge on any atom is -0.444 e. The van der Waals surface area contributed by atoms with Crippen LogP contribution in [0.4, 0.5) is 67.1 Å². The summed E-state index contributed by atoms with van der Waals surface area (Å²) in [5.41, 5.74) is 3.21. The molecule has 5 amide bonds. The van der Waals surface area contributed by atoms with Gasteiger partial charge in [0.15, 0.2) is 0 Å². The van der Waals surface area contributed by atoms with Crippen molar-refractivity contribution in [1.29, 1.82) is 0 Å². The standard InChI is InChI=1S/C27H38F6N4O7.C15H19F6N3O3.C8H15NO2S.2CH4/c1-24(2,3)43-22(40)36-19(37-23(41)44-25(4,5)6)12-8-7-11-17(35-20(39)16-10-9-13-34-14-16)18(38)15-42-21(26(28,29)30)27(31,32)33;16-14(17,18)13(15(19,20)21)27-8-11(25)10(4-1-5-22)24-12(26)9-3-2-6-23-7-9;1-6(12-5)9-7(10)11-8(2,3)4;;/h9-10,13-14,17-18,21,38H,7-8,11-12,15H2,1-6H3,(H,35,39)(H,36,37,40,41);2-3,6-7,10-11,13,25H,1,4-5,8,22H2,(H,24,26);1-5H3;2*1H4/t17-,18?;10-,11?;;;/m00.../s1. The molecule has 0 radical (unpaired) electrons. The first-order valence-corrected chi connectivity index (χ1v) is 26.1. The summed E-state index contributed by atoms with van der Waals surface area (Å²) < 4.78 is 175. The number of amidine groups is 1. The molecular formula is C52H80F12N8O12S. The van der Waals surface area contributed by atoms with Crippen LogP contribution >= 0.6 is 11.8 Å². The number of nitrogens with one attached hydrogen (secondary N) is 3. The van der Waals surface area contributed by atoms with Gasteiger partial charge in [-0.15, -0.1) is 11.8 Å². The molecule has 2 rings (SSSR count). The second kappa shape index (κ2) is 37.6. The second-order valence-corrected chi connectivity index (χ2v) is 21.5. The number of carbonyl (C=O) groups is 5. The molecule has 2 unspecified atom stereocenters. The first-order chi connectivity index (χ1) is 37.8. The van der Waals surface area contributed by atoms with Gasteiger partial charge in [0.1, 0.15) is 22.6 Å². The SMILES string of the molecule is C.C.CC(C)(C)OC(=O)N=C(CCCC[C@H](NC(=O)c1cccnc1)C(O)COC(C(F)(F)F)C(F)(F)F)NC(=O)OC(C)(C)C.CSC(C)=NC(=O)OC(C)(C)C.NCCC[C@H](NC(=O)c1cccnc1)C(O)COC(C(F)(F)F)C(F)(F)F. The molecule has 2 heterocycles. The monoisotopic (exact) mass is 1270 g/mol. The predicted molar refractivity (Wildman–Crippen MR) is 293 cm³/mol. The Labute approximate surface area is 490 Å². The molecule has 0 aliphatic heterocycles. The lowest BCUT2D eigenvalue weighted by Gasteiger charge is -2.28. The summed E-state index contributed by atoms with van der Waals surface area (Å²) in [5, 5.41) is 28.3. The average molecular weight is 1270 g/mol. The van der Waals surface area contributed by atoms with E-state index in [0.717, 1.165) is 0 Å². The number of hydrogen-bond acceptors (Lipinski definition) is 16. The van der Waals surface area contributed by atoms with Crippen LogP contribution in [0.5, 0.6) is 0 Å². The molecule has 0 spiro atoms. The molecule has 20 nitrogen and oxygen atoms in total. The van der Waals surface area contributed by atoms with Gasteiger partial charge in [0.2, 0.25) is 12.2 Å². The summed E-state index contributed by atoms with van der Waals surface area (Å²) in [6.07, 6.45) is -30.1. The Morgan fingerprint density at radius 3 is 1.28 bits per heavy atom. The van der Waals surface area contributed by atoms with Gasteiger partial charge < -0.3 is 50.3 Å². The lowest BCUT2D eigenvalue weighted by molar-refractivity contribution is -0.325. The van der Waals surface area contributed by atoms with E-state index in [1.165, 1.54) is 60.8 Å². The molecule has 0 saturated carbocycles.